The molecule has 1 unspecified atom stereocenters. The molecular formula is C22H19ClN2O2S. The summed E-state index contributed by atoms with van der Waals surface area (Å²) < 4.78 is 5.37. The van der Waals surface area contributed by atoms with Crippen LogP contribution in [0.4, 0.5) is 0 Å². The zero-order valence-corrected chi connectivity index (χ0v) is 17.1. The molecule has 4 nitrogen and oxygen atoms in total. The lowest BCUT2D eigenvalue weighted by Crippen LogP contribution is -2.29. The van der Waals surface area contributed by atoms with Crippen molar-refractivity contribution >= 4 is 35.0 Å². The van der Waals surface area contributed by atoms with E-state index in [1.807, 2.05) is 48.7 Å². The first-order valence-corrected chi connectivity index (χ1v) is 10.4. The van der Waals surface area contributed by atoms with Gasteiger partial charge in [0.2, 0.25) is 0 Å². The maximum atomic E-state index is 13.0. The predicted molar refractivity (Wildman–Crippen MR) is 113 cm³/mol. The molecule has 0 radical (unpaired) electrons. The number of hydrogen-bond acceptors (Lipinski definition) is 5. The summed E-state index contributed by atoms with van der Waals surface area (Å²) in [7, 11) is 0. The number of carbonyl (C=O) groups excluding carboxylic acids is 1. The number of hydrogen-bond donors (Lipinski definition) is 1. The second-order valence-electron chi connectivity index (χ2n) is 6.04. The number of dihydropyridines is 1. The first kappa shape index (κ1) is 20.1. The Morgan fingerprint density at radius 3 is 2.46 bits per heavy atom. The van der Waals surface area contributed by atoms with Gasteiger partial charge in [0.25, 0.3) is 0 Å². The Kier molecular flexibility index (Phi) is 6.45. The quantitative estimate of drug-likeness (QED) is 0.695. The predicted octanol–water partition coefficient (Wildman–Crippen LogP) is 5.10. The summed E-state index contributed by atoms with van der Waals surface area (Å²) in [5.41, 5.74) is 3.23. The molecule has 1 heterocycles. The fourth-order valence-corrected chi connectivity index (χ4v) is 3.91. The van der Waals surface area contributed by atoms with Crippen LogP contribution in [-0.2, 0) is 9.53 Å². The van der Waals surface area contributed by atoms with Crippen molar-refractivity contribution in [2.75, 3.05) is 12.9 Å². The highest BCUT2D eigenvalue weighted by Crippen LogP contribution is 2.43. The van der Waals surface area contributed by atoms with Crippen LogP contribution in [0.2, 0.25) is 5.02 Å². The van der Waals surface area contributed by atoms with Crippen LogP contribution in [0.15, 0.2) is 70.8 Å². The maximum Gasteiger partial charge on any atom is 0.337 e. The van der Waals surface area contributed by atoms with E-state index in [4.69, 9.17) is 16.3 Å². The molecule has 2 aromatic rings. The minimum absolute atomic E-state index is 0.249. The van der Waals surface area contributed by atoms with Crippen LogP contribution in [-0.4, -0.2) is 18.8 Å². The lowest BCUT2D eigenvalue weighted by molar-refractivity contribution is -0.138. The highest BCUT2D eigenvalue weighted by atomic mass is 35.5. The molecule has 28 heavy (non-hydrogen) atoms. The third kappa shape index (κ3) is 3.94. The number of nitriles is 1. The minimum Gasteiger partial charge on any atom is -0.463 e. The van der Waals surface area contributed by atoms with E-state index in [0.29, 0.717) is 26.9 Å². The number of rotatable bonds is 5. The molecule has 0 spiro atoms. The van der Waals surface area contributed by atoms with Crippen molar-refractivity contribution in [3.05, 3.63) is 86.9 Å². The van der Waals surface area contributed by atoms with E-state index >= 15 is 0 Å². The summed E-state index contributed by atoms with van der Waals surface area (Å²) in [6, 6.07) is 19.1. The van der Waals surface area contributed by atoms with Crippen LogP contribution in [0.5, 0.6) is 0 Å². The molecule has 0 saturated heterocycles. The monoisotopic (exact) mass is 410 g/mol. The number of halogens is 1. The van der Waals surface area contributed by atoms with Crippen molar-refractivity contribution in [2.45, 2.75) is 12.8 Å². The van der Waals surface area contributed by atoms with E-state index in [1.165, 1.54) is 11.8 Å². The van der Waals surface area contributed by atoms with Gasteiger partial charge in [0.1, 0.15) is 0 Å². The first-order valence-electron chi connectivity index (χ1n) is 8.78. The van der Waals surface area contributed by atoms with Gasteiger partial charge in [-0.15, -0.1) is 11.8 Å². The van der Waals surface area contributed by atoms with Crippen molar-refractivity contribution < 1.29 is 9.53 Å². The molecule has 0 fully saturated rings. The van der Waals surface area contributed by atoms with Gasteiger partial charge in [-0.25, -0.2) is 4.79 Å². The van der Waals surface area contributed by atoms with E-state index in [1.54, 1.807) is 19.1 Å². The minimum atomic E-state index is -0.541. The van der Waals surface area contributed by atoms with Gasteiger partial charge >= 0.3 is 5.97 Å². The highest BCUT2D eigenvalue weighted by molar-refractivity contribution is 8.02. The summed E-state index contributed by atoms with van der Waals surface area (Å²) >= 11 is 7.49. The molecule has 142 valence electrons. The van der Waals surface area contributed by atoms with Gasteiger partial charge in [-0.2, -0.15) is 5.26 Å². The zero-order valence-electron chi connectivity index (χ0n) is 15.5. The Morgan fingerprint density at radius 2 is 1.89 bits per heavy atom. The van der Waals surface area contributed by atoms with E-state index in [-0.39, 0.29) is 6.61 Å². The fraction of sp³-hybridized carbons (Fsp3) is 0.182. The van der Waals surface area contributed by atoms with Crippen molar-refractivity contribution in [1.29, 1.82) is 5.26 Å². The number of nitrogens with one attached hydrogen (secondary N) is 1. The van der Waals surface area contributed by atoms with Gasteiger partial charge in [-0.3, -0.25) is 0 Å². The van der Waals surface area contributed by atoms with Gasteiger partial charge in [-0.05, 0) is 36.4 Å². The van der Waals surface area contributed by atoms with Crippen molar-refractivity contribution in [1.82, 2.24) is 5.32 Å². The van der Waals surface area contributed by atoms with Crippen LogP contribution in [0, 0.1) is 11.3 Å². The SMILES string of the molecule is CCOC(=O)C1=C(c2ccccc2)NC(SC)=C(C#N)C1c1ccc(Cl)cc1. The third-order valence-electron chi connectivity index (χ3n) is 4.42. The second-order valence-corrected chi connectivity index (χ2v) is 7.30. The molecule has 1 aliphatic heterocycles. The van der Waals surface area contributed by atoms with Crippen molar-refractivity contribution in [3.8, 4) is 6.07 Å². The molecule has 1 aliphatic rings. The average Bonchev–Trinajstić information content (AvgIpc) is 2.73. The second kappa shape index (κ2) is 9.01. The van der Waals surface area contributed by atoms with Crippen LogP contribution < -0.4 is 5.32 Å². The topological polar surface area (TPSA) is 62.1 Å². The molecule has 0 bridgehead atoms. The summed E-state index contributed by atoms with van der Waals surface area (Å²) in [6.07, 6.45) is 1.90. The molecule has 2 aromatic carbocycles. The van der Waals surface area contributed by atoms with Gasteiger partial charge in [-0.1, -0.05) is 54.1 Å². The normalized spacial score (nSPS) is 16.4. The van der Waals surface area contributed by atoms with E-state index < -0.39 is 11.9 Å². The standard InChI is InChI=1S/C22H19ClN2O2S/c1-3-27-22(26)19-18(14-9-11-16(23)12-10-14)17(13-24)21(28-2)25-20(19)15-7-5-4-6-8-15/h4-12,18,25H,3H2,1-2H3. The molecule has 1 atom stereocenters. The van der Waals surface area contributed by atoms with Crippen LogP contribution in [0.3, 0.4) is 0 Å². The number of carbonyl (C=O) groups is 1. The summed E-state index contributed by atoms with van der Waals surface area (Å²) in [5, 5.41) is 14.5. The van der Waals surface area contributed by atoms with Crippen LogP contribution in [0.1, 0.15) is 24.0 Å². The number of thioether (sulfide) groups is 1. The number of nitrogens with zero attached hydrogens (tertiary/aromatic N) is 1. The third-order valence-corrected chi connectivity index (χ3v) is 5.40. The molecule has 3 rings (SSSR count). The summed E-state index contributed by atoms with van der Waals surface area (Å²) in [5.74, 6) is -0.984. The van der Waals surface area contributed by atoms with Crippen molar-refractivity contribution in [3.63, 3.8) is 0 Å². The fourth-order valence-electron chi connectivity index (χ4n) is 3.19. The molecule has 6 heteroatoms. The average molecular weight is 411 g/mol. The number of esters is 1. The van der Waals surface area contributed by atoms with Crippen molar-refractivity contribution in [2.24, 2.45) is 0 Å². The van der Waals surface area contributed by atoms with E-state index in [2.05, 4.69) is 11.4 Å². The zero-order chi connectivity index (χ0) is 20.1. The molecule has 0 aliphatic carbocycles. The highest BCUT2D eigenvalue weighted by Gasteiger charge is 2.36. The Balaban J connectivity index is 2.29. The number of ether oxygens (including phenoxy) is 1. The molecule has 1 N–H and O–H groups in total. The maximum absolute atomic E-state index is 13.0. The van der Waals surface area contributed by atoms with Gasteiger partial charge in [0.05, 0.1) is 40.5 Å². The lowest BCUT2D eigenvalue weighted by Gasteiger charge is -2.30. The van der Waals surface area contributed by atoms with E-state index in [9.17, 15) is 10.1 Å². The van der Waals surface area contributed by atoms with Gasteiger partial charge < -0.3 is 10.1 Å². The van der Waals surface area contributed by atoms with Gasteiger partial charge in [0.15, 0.2) is 0 Å². The Labute approximate surface area is 173 Å². The Bertz CT molecular complexity index is 976. The number of allylic oxidation sites excluding steroid dienone is 1. The summed E-state index contributed by atoms with van der Waals surface area (Å²) in [4.78, 5) is 13.0. The first-order chi connectivity index (χ1) is 13.6. The molecular weight excluding hydrogens is 392 g/mol. The molecule has 0 aromatic heterocycles. The van der Waals surface area contributed by atoms with E-state index in [0.717, 1.165) is 11.1 Å². The van der Waals surface area contributed by atoms with Crippen LogP contribution >= 0.6 is 23.4 Å². The largest absolute Gasteiger partial charge is 0.463 e. The molecule has 0 saturated carbocycles. The van der Waals surface area contributed by atoms with Gasteiger partial charge in [0, 0.05) is 5.02 Å². The Hall–Kier alpha value is -2.68. The number of benzene rings is 2. The lowest BCUT2D eigenvalue weighted by atomic mass is 9.81. The van der Waals surface area contributed by atoms with Crippen LogP contribution in [0.25, 0.3) is 5.70 Å². The summed E-state index contributed by atoms with van der Waals surface area (Å²) in [6.45, 7) is 2.02. The smallest absolute Gasteiger partial charge is 0.337 e. The molecule has 0 amide bonds. The Morgan fingerprint density at radius 1 is 1.21 bits per heavy atom.